The van der Waals surface area contributed by atoms with Gasteiger partial charge in [0.05, 0.1) is 12.3 Å². The quantitative estimate of drug-likeness (QED) is 0.633. The summed E-state index contributed by atoms with van der Waals surface area (Å²) in [5.41, 5.74) is 1.24. The van der Waals surface area contributed by atoms with Crippen LogP contribution in [0.3, 0.4) is 0 Å². The van der Waals surface area contributed by atoms with Crippen molar-refractivity contribution in [1.29, 1.82) is 0 Å². The van der Waals surface area contributed by atoms with Gasteiger partial charge in [0.2, 0.25) is 0 Å². The number of furan rings is 1. The Balaban J connectivity index is 1.56. The van der Waals surface area contributed by atoms with Gasteiger partial charge in [0, 0.05) is 20.1 Å². The number of nitrogens with zero attached hydrogens (tertiary/aromatic N) is 2. The first kappa shape index (κ1) is 16.6. The second kappa shape index (κ2) is 8.55. The first-order chi connectivity index (χ1) is 11.9. The molecule has 1 fully saturated rings. The fourth-order valence-electron chi connectivity index (χ4n) is 3.14. The summed E-state index contributed by atoms with van der Waals surface area (Å²) in [6, 6.07) is 14.6. The molecule has 1 unspecified atom stereocenters. The van der Waals surface area contributed by atoms with Crippen LogP contribution in [-0.2, 0) is 6.54 Å². The van der Waals surface area contributed by atoms with Crippen LogP contribution in [0.2, 0.25) is 0 Å². The zero-order valence-corrected chi connectivity index (χ0v) is 14.2. The third kappa shape index (κ3) is 4.38. The molecule has 5 heteroatoms. The summed E-state index contributed by atoms with van der Waals surface area (Å²) >= 11 is 0. The van der Waals surface area contributed by atoms with E-state index < -0.39 is 0 Å². The lowest BCUT2D eigenvalue weighted by Gasteiger charge is -2.26. The van der Waals surface area contributed by atoms with Crippen LogP contribution in [0.5, 0.6) is 0 Å². The van der Waals surface area contributed by atoms with Crippen molar-refractivity contribution in [2.45, 2.75) is 25.4 Å². The maximum absolute atomic E-state index is 5.66. The van der Waals surface area contributed by atoms with Crippen molar-refractivity contribution in [2.75, 3.05) is 26.7 Å². The maximum atomic E-state index is 5.66. The number of nitrogens with one attached hydrogen (secondary N) is 2. The van der Waals surface area contributed by atoms with Crippen molar-refractivity contribution in [3.63, 3.8) is 0 Å². The highest BCUT2D eigenvalue weighted by Crippen LogP contribution is 2.24. The van der Waals surface area contributed by atoms with Gasteiger partial charge in [0.25, 0.3) is 0 Å². The van der Waals surface area contributed by atoms with Crippen LogP contribution in [-0.4, -0.2) is 37.5 Å². The number of likely N-dealkylation sites (tertiary alicyclic amines) is 1. The summed E-state index contributed by atoms with van der Waals surface area (Å²) in [7, 11) is 1.80. The SMILES string of the molecule is CN=C(NCc1ccccc1)NCC(c1ccco1)N1CCCC1. The molecule has 2 aromatic rings. The molecule has 1 aromatic carbocycles. The lowest BCUT2D eigenvalue weighted by atomic mass is 10.2. The van der Waals surface area contributed by atoms with Crippen molar-refractivity contribution in [3.05, 3.63) is 60.1 Å². The zero-order chi connectivity index (χ0) is 16.6. The van der Waals surface area contributed by atoms with E-state index in [4.69, 9.17) is 4.42 Å². The van der Waals surface area contributed by atoms with E-state index in [0.29, 0.717) is 0 Å². The van der Waals surface area contributed by atoms with E-state index in [0.717, 1.165) is 37.9 Å². The summed E-state index contributed by atoms with van der Waals surface area (Å²) in [6.07, 6.45) is 4.28. The minimum Gasteiger partial charge on any atom is -0.468 e. The monoisotopic (exact) mass is 326 g/mol. The van der Waals surface area contributed by atoms with Crippen LogP contribution in [0, 0.1) is 0 Å². The maximum Gasteiger partial charge on any atom is 0.191 e. The Kier molecular flexibility index (Phi) is 5.90. The molecule has 0 radical (unpaired) electrons. The molecule has 3 rings (SSSR count). The Labute approximate surface area is 143 Å². The number of guanidine groups is 1. The molecule has 128 valence electrons. The van der Waals surface area contributed by atoms with Gasteiger partial charge in [-0.1, -0.05) is 30.3 Å². The van der Waals surface area contributed by atoms with E-state index in [1.165, 1.54) is 18.4 Å². The molecular formula is C19H26N4O. The lowest BCUT2D eigenvalue weighted by molar-refractivity contribution is 0.215. The van der Waals surface area contributed by atoms with E-state index in [2.05, 4.69) is 38.7 Å². The van der Waals surface area contributed by atoms with E-state index in [1.807, 2.05) is 24.3 Å². The second-order valence-corrected chi connectivity index (χ2v) is 6.07. The first-order valence-electron chi connectivity index (χ1n) is 8.62. The third-order valence-corrected chi connectivity index (χ3v) is 4.44. The minimum absolute atomic E-state index is 0.248. The van der Waals surface area contributed by atoms with Gasteiger partial charge >= 0.3 is 0 Å². The van der Waals surface area contributed by atoms with Crippen LogP contribution in [0.25, 0.3) is 0 Å². The Hall–Kier alpha value is -2.27. The van der Waals surface area contributed by atoms with Crippen molar-refractivity contribution in [1.82, 2.24) is 15.5 Å². The standard InChI is InChI=1S/C19H26N4O/c1-20-19(21-14-16-8-3-2-4-9-16)22-15-17(18-10-7-13-24-18)23-11-5-6-12-23/h2-4,7-10,13,17H,5-6,11-12,14-15H2,1H3,(H2,20,21,22). The third-order valence-electron chi connectivity index (χ3n) is 4.44. The predicted octanol–water partition coefficient (Wildman–Crippen LogP) is 2.78. The number of rotatable bonds is 6. The highest BCUT2D eigenvalue weighted by molar-refractivity contribution is 5.79. The highest BCUT2D eigenvalue weighted by atomic mass is 16.3. The van der Waals surface area contributed by atoms with Crippen LogP contribution in [0.4, 0.5) is 0 Å². The van der Waals surface area contributed by atoms with E-state index in [9.17, 15) is 0 Å². The number of aliphatic imine (C=N–C) groups is 1. The van der Waals surface area contributed by atoms with Gasteiger partial charge in [0.15, 0.2) is 5.96 Å². The first-order valence-corrected chi connectivity index (χ1v) is 8.62. The Morgan fingerprint density at radius 1 is 1.12 bits per heavy atom. The molecule has 0 amide bonds. The zero-order valence-electron chi connectivity index (χ0n) is 14.2. The molecule has 24 heavy (non-hydrogen) atoms. The van der Waals surface area contributed by atoms with Crippen LogP contribution < -0.4 is 10.6 Å². The van der Waals surface area contributed by atoms with Gasteiger partial charge in [-0.2, -0.15) is 0 Å². The molecule has 1 aromatic heterocycles. The van der Waals surface area contributed by atoms with Gasteiger partial charge in [-0.25, -0.2) is 0 Å². The van der Waals surface area contributed by atoms with Crippen molar-refractivity contribution in [2.24, 2.45) is 4.99 Å². The summed E-state index contributed by atoms with van der Waals surface area (Å²) in [5, 5.41) is 6.81. The molecule has 1 atom stereocenters. The van der Waals surface area contributed by atoms with Gasteiger partial charge in [-0.15, -0.1) is 0 Å². The smallest absolute Gasteiger partial charge is 0.191 e. The van der Waals surface area contributed by atoms with Gasteiger partial charge in [-0.05, 0) is 43.6 Å². The fourth-order valence-corrected chi connectivity index (χ4v) is 3.14. The fraction of sp³-hybridized carbons (Fsp3) is 0.421. The normalized spacial score (nSPS) is 17.0. The Morgan fingerprint density at radius 2 is 1.92 bits per heavy atom. The Morgan fingerprint density at radius 3 is 2.58 bits per heavy atom. The summed E-state index contributed by atoms with van der Waals surface area (Å²) in [6.45, 7) is 3.80. The van der Waals surface area contributed by atoms with E-state index in [1.54, 1.807) is 13.3 Å². The van der Waals surface area contributed by atoms with Crippen molar-refractivity contribution >= 4 is 5.96 Å². The largest absolute Gasteiger partial charge is 0.468 e. The van der Waals surface area contributed by atoms with Gasteiger partial charge in [0.1, 0.15) is 5.76 Å². The molecule has 0 bridgehead atoms. The van der Waals surface area contributed by atoms with Crippen LogP contribution in [0.1, 0.15) is 30.2 Å². The topological polar surface area (TPSA) is 52.8 Å². The summed E-state index contributed by atoms with van der Waals surface area (Å²) < 4.78 is 5.66. The van der Waals surface area contributed by atoms with Crippen LogP contribution in [0.15, 0.2) is 58.1 Å². The molecule has 0 saturated carbocycles. The molecule has 2 N–H and O–H groups in total. The molecule has 2 heterocycles. The lowest BCUT2D eigenvalue weighted by Crippen LogP contribution is -2.42. The predicted molar refractivity (Wildman–Crippen MR) is 96.9 cm³/mol. The minimum atomic E-state index is 0.248. The van der Waals surface area contributed by atoms with E-state index in [-0.39, 0.29) is 6.04 Å². The van der Waals surface area contributed by atoms with Crippen LogP contribution >= 0.6 is 0 Å². The van der Waals surface area contributed by atoms with Gasteiger partial charge in [-0.3, -0.25) is 9.89 Å². The molecule has 1 aliphatic rings. The average Bonchev–Trinajstić information content (AvgIpc) is 3.33. The number of hydrogen-bond donors (Lipinski definition) is 2. The number of hydrogen-bond acceptors (Lipinski definition) is 3. The average molecular weight is 326 g/mol. The summed E-state index contributed by atoms with van der Waals surface area (Å²) in [4.78, 5) is 6.81. The highest BCUT2D eigenvalue weighted by Gasteiger charge is 2.25. The summed E-state index contributed by atoms with van der Waals surface area (Å²) in [5.74, 6) is 1.83. The molecule has 0 spiro atoms. The number of benzene rings is 1. The Bertz CT molecular complexity index is 618. The molecule has 5 nitrogen and oxygen atoms in total. The van der Waals surface area contributed by atoms with Crippen molar-refractivity contribution in [3.8, 4) is 0 Å². The van der Waals surface area contributed by atoms with Gasteiger partial charge < -0.3 is 15.1 Å². The molecule has 1 aliphatic heterocycles. The van der Waals surface area contributed by atoms with E-state index >= 15 is 0 Å². The molecule has 1 saturated heterocycles. The molecular weight excluding hydrogens is 300 g/mol. The second-order valence-electron chi connectivity index (χ2n) is 6.07. The molecule has 0 aliphatic carbocycles. The van der Waals surface area contributed by atoms with Crippen molar-refractivity contribution < 1.29 is 4.42 Å².